The Morgan fingerprint density at radius 1 is 1.71 bits per heavy atom. The number of nitrogens with one attached hydrogen (secondary N) is 1. The predicted molar refractivity (Wildman–Crippen MR) is 70.6 cm³/mol. The Kier molecular flexibility index (Phi) is 3.93. The smallest absolute Gasteiger partial charge is 0.211 e. The highest BCUT2D eigenvalue weighted by Gasteiger charge is 2.13. The number of aliphatic imine (C=N–C) groups is 1. The second kappa shape index (κ2) is 5.44. The Hall–Kier alpha value is -1.17. The van der Waals surface area contributed by atoms with Crippen LogP contribution in [0.5, 0.6) is 5.88 Å². The number of aromatic nitrogens is 2. The highest BCUT2D eigenvalue weighted by molar-refractivity contribution is 8.13. The molecule has 1 aliphatic rings. The number of ether oxygens (including phenoxy) is 1. The maximum absolute atomic E-state index is 5.17. The quantitative estimate of drug-likeness (QED) is 0.886. The molecule has 1 fully saturated rings. The van der Waals surface area contributed by atoms with Gasteiger partial charge in [0.25, 0.3) is 0 Å². The highest BCUT2D eigenvalue weighted by Crippen LogP contribution is 2.16. The van der Waals surface area contributed by atoms with E-state index in [2.05, 4.69) is 22.3 Å². The summed E-state index contributed by atoms with van der Waals surface area (Å²) in [5.41, 5.74) is 0.928. The number of hydrogen-bond acceptors (Lipinski definition) is 4. The number of thioether (sulfide) groups is 1. The summed E-state index contributed by atoms with van der Waals surface area (Å²) >= 11 is 1.78. The largest absolute Gasteiger partial charge is 0.481 e. The van der Waals surface area contributed by atoms with E-state index in [1.54, 1.807) is 23.6 Å². The number of hydrogen-bond donors (Lipinski definition) is 1. The summed E-state index contributed by atoms with van der Waals surface area (Å²) in [6.45, 7) is 2.78. The van der Waals surface area contributed by atoms with E-state index < -0.39 is 0 Å². The molecule has 2 rings (SSSR count). The van der Waals surface area contributed by atoms with Crippen LogP contribution < -0.4 is 10.1 Å². The van der Waals surface area contributed by atoms with Crippen LogP contribution in [0.1, 0.15) is 19.0 Å². The molecule has 17 heavy (non-hydrogen) atoms. The van der Waals surface area contributed by atoms with Crippen LogP contribution in [-0.2, 0) is 13.6 Å². The van der Waals surface area contributed by atoms with E-state index >= 15 is 0 Å². The Labute approximate surface area is 106 Å². The SMILES string of the molecule is COc1cc(CN=C2NC(C)CCS2)nn1C. The molecule has 1 N–H and O–H groups in total. The Balaban J connectivity index is 1.98. The van der Waals surface area contributed by atoms with Crippen molar-refractivity contribution in [2.24, 2.45) is 12.0 Å². The van der Waals surface area contributed by atoms with Gasteiger partial charge in [-0.05, 0) is 13.3 Å². The molecular weight excluding hydrogens is 236 g/mol. The molecule has 0 radical (unpaired) electrons. The van der Waals surface area contributed by atoms with Gasteiger partial charge < -0.3 is 10.1 Å². The molecule has 94 valence electrons. The molecule has 0 spiro atoms. The first kappa shape index (κ1) is 12.3. The van der Waals surface area contributed by atoms with Gasteiger partial charge in [0, 0.05) is 24.9 Å². The summed E-state index contributed by atoms with van der Waals surface area (Å²) in [5, 5.41) is 8.72. The lowest BCUT2D eigenvalue weighted by Crippen LogP contribution is -2.35. The Morgan fingerprint density at radius 3 is 3.18 bits per heavy atom. The lowest BCUT2D eigenvalue weighted by Gasteiger charge is -2.21. The summed E-state index contributed by atoms with van der Waals surface area (Å²) in [6, 6.07) is 2.44. The number of nitrogens with zero attached hydrogens (tertiary/aromatic N) is 3. The zero-order chi connectivity index (χ0) is 12.3. The van der Waals surface area contributed by atoms with Crippen molar-refractivity contribution in [2.75, 3.05) is 12.9 Å². The van der Waals surface area contributed by atoms with Crippen molar-refractivity contribution in [3.8, 4) is 5.88 Å². The van der Waals surface area contributed by atoms with E-state index in [0.717, 1.165) is 22.5 Å². The molecule has 0 saturated carbocycles. The van der Waals surface area contributed by atoms with E-state index in [1.807, 2.05) is 13.1 Å². The van der Waals surface area contributed by atoms with Gasteiger partial charge in [0.05, 0.1) is 19.3 Å². The number of rotatable bonds is 3. The average molecular weight is 254 g/mol. The van der Waals surface area contributed by atoms with Gasteiger partial charge in [0.2, 0.25) is 5.88 Å². The topological polar surface area (TPSA) is 51.4 Å². The van der Waals surface area contributed by atoms with Gasteiger partial charge >= 0.3 is 0 Å². The third-order valence-corrected chi connectivity index (χ3v) is 3.60. The van der Waals surface area contributed by atoms with Gasteiger partial charge in [-0.15, -0.1) is 0 Å². The summed E-state index contributed by atoms with van der Waals surface area (Å²) in [5.74, 6) is 1.90. The summed E-state index contributed by atoms with van der Waals surface area (Å²) < 4.78 is 6.89. The molecule has 6 heteroatoms. The molecule has 5 nitrogen and oxygen atoms in total. The summed E-state index contributed by atoms with van der Waals surface area (Å²) in [4.78, 5) is 4.53. The minimum absolute atomic E-state index is 0.522. The van der Waals surface area contributed by atoms with Crippen molar-refractivity contribution in [3.63, 3.8) is 0 Å². The van der Waals surface area contributed by atoms with Crippen LogP contribution in [0.3, 0.4) is 0 Å². The fraction of sp³-hybridized carbons (Fsp3) is 0.636. The lowest BCUT2D eigenvalue weighted by molar-refractivity contribution is 0.373. The first-order chi connectivity index (χ1) is 8.19. The second-order valence-electron chi connectivity index (χ2n) is 4.11. The Morgan fingerprint density at radius 2 is 2.53 bits per heavy atom. The minimum Gasteiger partial charge on any atom is -0.481 e. The van der Waals surface area contributed by atoms with Crippen LogP contribution in [-0.4, -0.2) is 33.9 Å². The van der Waals surface area contributed by atoms with Crippen LogP contribution in [0, 0.1) is 0 Å². The van der Waals surface area contributed by atoms with Gasteiger partial charge in [-0.2, -0.15) is 5.10 Å². The molecule has 1 aliphatic heterocycles. The van der Waals surface area contributed by atoms with Crippen molar-refractivity contribution >= 4 is 16.9 Å². The fourth-order valence-corrected chi connectivity index (χ4v) is 2.78. The zero-order valence-electron chi connectivity index (χ0n) is 10.4. The predicted octanol–water partition coefficient (Wildman–Crippen LogP) is 1.40. The van der Waals surface area contributed by atoms with E-state index in [-0.39, 0.29) is 0 Å². The molecule has 1 aromatic rings. The number of amidine groups is 1. The highest BCUT2D eigenvalue weighted by atomic mass is 32.2. The van der Waals surface area contributed by atoms with Crippen LogP contribution in [0.25, 0.3) is 0 Å². The molecule has 1 atom stereocenters. The summed E-state index contributed by atoms with van der Waals surface area (Å²) in [6.07, 6.45) is 1.20. The van der Waals surface area contributed by atoms with Crippen molar-refractivity contribution in [1.82, 2.24) is 15.1 Å². The molecule has 0 bridgehead atoms. The van der Waals surface area contributed by atoms with Gasteiger partial charge in [0.15, 0.2) is 5.17 Å². The molecule has 0 amide bonds. The van der Waals surface area contributed by atoms with E-state index in [9.17, 15) is 0 Å². The minimum atomic E-state index is 0.522. The van der Waals surface area contributed by atoms with Crippen molar-refractivity contribution in [1.29, 1.82) is 0 Å². The van der Waals surface area contributed by atoms with Crippen LogP contribution in [0.4, 0.5) is 0 Å². The molecule has 1 unspecified atom stereocenters. The second-order valence-corrected chi connectivity index (χ2v) is 5.19. The first-order valence-corrected chi connectivity index (χ1v) is 6.68. The third-order valence-electron chi connectivity index (χ3n) is 2.64. The zero-order valence-corrected chi connectivity index (χ0v) is 11.3. The van der Waals surface area contributed by atoms with Gasteiger partial charge in [-0.3, -0.25) is 4.99 Å². The third kappa shape index (κ3) is 3.15. The molecule has 1 saturated heterocycles. The molecule has 2 heterocycles. The van der Waals surface area contributed by atoms with Crippen molar-refractivity contribution < 1.29 is 4.74 Å². The summed E-state index contributed by atoms with van der Waals surface area (Å²) in [7, 11) is 3.51. The molecule has 0 aromatic carbocycles. The fourth-order valence-electron chi connectivity index (χ4n) is 1.68. The van der Waals surface area contributed by atoms with Gasteiger partial charge in [-0.1, -0.05) is 11.8 Å². The first-order valence-electron chi connectivity index (χ1n) is 5.69. The molecule has 0 aliphatic carbocycles. The van der Waals surface area contributed by atoms with Crippen molar-refractivity contribution in [2.45, 2.75) is 25.9 Å². The van der Waals surface area contributed by atoms with Crippen molar-refractivity contribution in [3.05, 3.63) is 11.8 Å². The Bertz CT molecular complexity index is 416. The lowest BCUT2D eigenvalue weighted by atomic mass is 10.3. The standard InChI is InChI=1S/C11H18N4OS/c1-8-4-5-17-11(13-8)12-7-9-6-10(16-3)15(2)14-9/h6,8H,4-5,7H2,1-3H3,(H,12,13). The van der Waals surface area contributed by atoms with Crippen LogP contribution in [0.2, 0.25) is 0 Å². The van der Waals surface area contributed by atoms with E-state index in [4.69, 9.17) is 4.74 Å². The number of methoxy groups -OCH3 is 1. The monoisotopic (exact) mass is 254 g/mol. The number of aryl methyl sites for hydroxylation is 1. The van der Waals surface area contributed by atoms with Gasteiger partial charge in [-0.25, -0.2) is 4.68 Å². The maximum Gasteiger partial charge on any atom is 0.211 e. The average Bonchev–Trinajstić information content (AvgIpc) is 2.67. The van der Waals surface area contributed by atoms with E-state index in [0.29, 0.717) is 12.6 Å². The maximum atomic E-state index is 5.17. The normalized spacial score (nSPS) is 22.5. The van der Waals surface area contributed by atoms with Crippen LogP contribution >= 0.6 is 11.8 Å². The van der Waals surface area contributed by atoms with Gasteiger partial charge in [0.1, 0.15) is 0 Å². The van der Waals surface area contributed by atoms with E-state index in [1.165, 1.54) is 6.42 Å². The molecule has 1 aromatic heterocycles. The molecular formula is C11H18N4OS. The van der Waals surface area contributed by atoms with Crippen LogP contribution in [0.15, 0.2) is 11.1 Å².